The van der Waals surface area contributed by atoms with Gasteiger partial charge in [-0.3, -0.25) is 0 Å². The molecule has 8 nitrogen and oxygen atoms in total. The maximum atomic E-state index is 12.4. The molecule has 0 saturated carbocycles. The van der Waals surface area contributed by atoms with E-state index in [1.54, 1.807) is 0 Å². The monoisotopic (exact) mass is 383 g/mol. The normalized spacial score (nSPS) is 16.8. The van der Waals surface area contributed by atoms with E-state index in [2.05, 4.69) is 48.2 Å². The van der Waals surface area contributed by atoms with Gasteiger partial charge in [0, 0.05) is 52.1 Å². The van der Waals surface area contributed by atoms with Gasteiger partial charge in [0.05, 0.1) is 11.4 Å². The van der Waals surface area contributed by atoms with Crippen molar-refractivity contribution in [2.45, 2.75) is 32.7 Å². The van der Waals surface area contributed by atoms with Crippen LogP contribution in [0.25, 0.3) is 0 Å². The van der Waals surface area contributed by atoms with Crippen molar-refractivity contribution in [2.24, 2.45) is 0 Å². The smallest absolute Gasteiger partial charge is 0.319 e. The molecule has 2 aliphatic heterocycles. The lowest BCUT2D eigenvalue weighted by atomic mass is 10.2. The third-order valence-corrected chi connectivity index (χ3v) is 5.63. The zero-order valence-electron chi connectivity index (χ0n) is 16.5. The van der Waals surface area contributed by atoms with Crippen LogP contribution in [0.2, 0.25) is 0 Å². The number of rotatable bonds is 6. The summed E-state index contributed by atoms with van der Waals surface area (Å²) in [5.74, 6) is 2.03. The molecule has 0 radical (unpaired) electrons. The van der Waals surface area contributed by atoms with E-state index in [0.717, 1.165) is 75.1 Å². The summed E-state index contributed by atoms with van der Waals surface area (Å²) in [5.41, 5.74) is 1.94. The molecule has 2 N–H and O–H groups in total. The minimum absolute atomic E-state index is 0.180. The highest BCUT2D eigenvalue weighted by molar-refractivity contribution is 5.93. The van der Waals surface area contributed by atoms with Crippen LogP contribution in [0.5, 0.6) is 0 Å². The zero-order chi connectivity index (χ0) is 19.3. The van der Waals surface area contributed by atoms with Gasteiger partial charge in [-0.05, 0) is 25.1 Å². The van der Waals surface area contributed by atoms with Gasteiger partial charge in [-0.15, -0.1) is 10.2 Å². The Hall–Kier alpha value is -2.61. The molecule has 0 atom stereocenters. The van der Waals surface area contributed by atoms with E-state index in [9.17, 15) is 4.79 Å². The third-order valence-electron chi connectivity index (χ3n) is 5.63. The first-order chi connectivity index (χ1) is 13.7. The van der Waals surface area contributed by atoms with E-state index in [0.29, 0.717) is 13.0 Å². The van der Waals surface area contributed by atoms with Crippen molar-refractivity contribution in [1.29, 1.82) is 0 Å². The zero-order valence-corrected chi connectivity index (χ0v) is 16.5. The predicted octanol–water partition coefficient (Wildman–Crippen LogP) is 1.73. The van der Waals surface area contributed by atoms with Crippen LogP contribution in [0.3, 0.4) is 0 Å². The van der Waals surface area contributed by atoms with Crippen LogP contribution in [-0.4, -0.2) is 65.0 Å². The predicted molar refractivity (Wildman–Crippen MR) is 110 cm³/mol. The summed E-state index contributed by atoms with van der Waals surface area (Å²) in [6, 6.07) is 7.85. The highest BCUT2D eigenvalue weighted by atomic mass is 16.2. The van der Waals surface area contributed by atoms with Gasteiger partial charge in [0.2, 0.25) is 0 Å². The molecule has 1 aromatic heterocycles. The van der Waals surface area contributed by atoms with Crippen LogP contribution in [0.1, 0.15) is 25.0 Å². The number of anilines is 2. The van der Waals surface area contributed by atoms with Gasteiger partial charge in [0.1, 0.15) is 11.6 Å². The molecule has 4 rings (SSSR count). The van der Waals surface area contributed by atoms with Crippen LogP contribution >= 0.6 is 0 Å². The molecule has 1 fully saturated rings. The molecule has 2 amide bonds. The molecule has 2 aromatic rings. The highest BCUT2D eigenvalue weighted by Gasteiger charge is 2.19. The Balaban J connectivity index is 1.31. The number of piperazine rings is 1. The van der Waals surface area contributed by atoms with Gasteiger partial charge in [-0.25, -0.2) is 4.79 Å². The molecule has 150 valence electrons. The number of amides is 2. The topological polar surface area (TPSA) is 78.3 Å². The van der Waals surface area contributed by atoms with Crippen LogP contribution in [-0.2, 0) is 19.4 Å². The van der Waals surface area contributed by atoms with Crippen molar-refractivity contribution < 1.29 is 4.79 Å². The maximum Gasteiger partial charge on any atom is 0.319 e. The summed E-state index contributed by atoms with van der Waals surface area (Å²) in [6.45, 7) is 8.89. The number of hydrogen-bond acceptors (Lipinski definition) is 5. The molecule has 1 saturated heterocycles. The Bertz CT molecular complexity index is 811. The fourth-order valence-electron chi connectivity index (χ4n) is 4.01. The number of hydrogen-bond donors (Lipinski definition) is 2. The van der Waals surface area contributed by atoms with E-state index in [1.807, 2.05) is 18.2 Å². The molecule has 0 bridgehead atoms. The number of benzene rings is 1. The molecule has 0 aliphatic carbocycles. The van der Waals surface area contributed by atoms with Gasteiger partial charge in [-0.1, -0.05) is 19.1 Å². The molecule has 8 heteroatoms. The minimum atomic E-state index is -0.180. The Morgan fingerprint density at radius 2 is 1.93 bits per heavy atom. The van der Waals surface area contributed by atoms with Gasteiger partial charge >= 0.3 is 6.03 Å². The van der Waals surface area contributed by atoms with Gasteiger partial charge < -0.3 is 25.0 Å². The first kappa shape index (κ1) is 18.7. The average Bonchev–Trinajstić information content (AvgIpc) is 3.33. The minimum Gasteiger partial charge on any atom is -0.367 e. The van der Waals surface area contributed by atoms with Crippen molar-refractivity contribution in [3.63, 3.8) is 0 Å². The number of urea groups is 1. The number of carbonyl (C=O) groups excluding carboxylic acids is 1. The van der Waals surface area contributed by atoms with Crippen molar-refractivity contribution >= 4 is 17.4 Å². The summed E-state index contributed by atoms with van der Waals surface area (Å²) < 4.78 is 2.17. The number of fused-ring (bicyclic) bond motifs is 1. The average molecular weight is 384 g/mol. The van der Waals surface area contributed by atoms with Crippen molar-refractivity contribution in [2.75, 3.05) is 49.5 Å². The van der Waals surface area contributed by atoms with Crippen LogP contribution in [0.4, 0.5) is 16.2 Å². The third kappa shape index (κ3) is 4.11. The van der Waals surface area contributed by atoms with Gasteiger partial charge in [0.25, 0.3) is 0 Å². The molecule has 0 spiro atoms. The molecule has 2 aliphatic rings. The van der Waals surface area contributed by atoms with Crippen LogP contribution < -0.4 is 15.5 Å². The largest absolute Gasteiger partial charge is 0.367 e. The molecular weight excluding hydrogens is 354 g/mol. The lowest BCUT2D eigenvalue weighted by Gasteiger charge is -2.36. The lowest BCUT2D eigenvalue weighted by molar-refractivity contribution is 0.252. The first-order valence-electron chi connectivity index (χ1n) is 10.3. The van der Waals surface area contributed by atoms with Crippen molar-refractivity contribution in [3.05, 3.63) is 35.9 Å². The molecule has 28 heavy (non-hydrogen) atoms. The quantitative estimate of drug-likeness (QED) is 0.794. The number of aryl methyl sites for hydroxylation is 1. The number of para-hydroxylation sites is 2. The highest BCUT2D eigenvalue weighted by Crippen LogP contribution is 2.26. The Morgan fingerprint density at radius 3 is 2.75 bits per heavy atom. The van der Waals surface area contributed by atoms with E-state index >= 15 is 0 Å². The van der Waals surface area contributed by atoms with E-state index < -0.39 is 0 Å². The summed E-state index contributed by atoms with van der Waals surface area (Å²) >= 11 is 0. The van der Waals surface area contributed by atoms with Gasteiger partial charge in [0.15, 0.2) is 0 Å². The molecule has 0 unspecified atom stereocenters. The van der Waals surface area contributed by atoms with Crippen molar-refractivity contribution in [1.82, 2.24) is 25.0 Å². The Labute approximate surface area is 165 Å². The first-order valence-corrected chi connectivity index (χ1v) is 10.3. The second-order valence-electron chi connectivity index (χ2n) is 7.36. The SMILES string of the molecule is CCN1CCN(c2ccccc2NC(=O)NCCc2nnc3n2CCC3)CC1. The standard InChI is InChI=1S/C20H29N7O/c1-2-25-12-14-26(15-13-25)17-7-4-3-6-16(17)22-20(28)21-10-9-19-24-23-18-8-5-11-27(18)19/h3-4,6-7H,2,5,8-15H2,1H3,(H2,21,22,28). The molecule has 3 heterocycles. The fraction of sp³-hybridized carbons (Fsp3) is 0.550. The number of carbonyl (C=O) groups is 1. The lowest BCUT2D eigenvalue weighted by Crippen LogP contribution is -2.46. The number of likely N-dealkylation sites (N-methyl/N-ethyl adjacent to an activating group) is 1. The summed E-state index contributed by atoms with van der Waals surface area (Å²) in [5, 5.41) is 14.4. The number of nitrogens with one attached hydrogen (secondary N) is 2. The molecular formula is C20H29N7O. The van der Waals surface area contributed by atoms with Gasteiger partial charge in [-0.2, -0.15) is 0 Å². The summed E-state index contributed by atoms with van der Waals surface area (Å²) in [7, 11) is 0. The van der Waals surface area contributed by atoms with E-state index in [1.165, 1.54) is 0 Å². The van der Waals surface area contributed by atoms with Crippen LogP contribution in [0.15, 0.2) is 24.3 Å². The van der Waals surface area contributed by atoms with Crippen molar-refractivity contribution in [3.8, 4) is 0 Å². The number of aromatic nitrogens is 3. The van der Waals surface area contributed by atoms with E-state index in [-0.39, 0.29) is 6.03 Å². The Morgan fingerprint density at radius 1 is 1.11 bits per heavy atom. The van der Waals surface area contributed by atoms with E-state index in [4.69, 9.17) is 0 Å². The second kappa shape index (κ2) is 8.60. The Kier molecular flexibility index (Phi) is 5.76. The van der Waals surface area contributed by atoms with Crippen LogP contribution in [0, 0.1) is 0 Å². The summed E-state index contributed by atoms with van der Waals surface area (Å²) in [6.07, 6.45) is 2.83. The molecule has 1 aromatic carbocycles. The second-order valence-corrected chi connectivity index (χ2v) is 7.36. The fourth-order valence-corrected chi connectivity index (χ4v) is 4.01. The summed E-state index contributed by atoms with van der Waals surface area (Å²) in [4.78, 5) is 17.2. The number of nitrogens with zero attached hydrogens (tertiary/aromatic N) is 5. The maximum absolute atomic E-state index is 12.4.